The third-order valence-corrected chi connectivity index (χ3v) is 3.06. The molecule has 2 nitrogen and oxygen atoms in total. The Morgan fingerprint density at radius 1 is 1.00 bits per heavy atom. The Labute approximate surface area is 104 Å². The molecule has 0 amide bonds. The van der Waals surface area contributed by atoms with Crippen molar-refractivity contribution in [3.8, 4) is 0 Å². The summed E-state index contributed by atoms with van der Waals surface area (Å²) >= 11 is 6.11. The molecule has 0 saturated heterocycles. The number of rotatable bonds is 2. The molecule has 0 fully saturated rings. The highest BCUT2D eigenvalue weighted by atomic mass is 35.5. The van der Waals surface area contributed by atoms with E-state index in [0.717, 1.165) is 17.8 Å². The highest BCUT2D eigenvalue weighted by Crippen LogP contribution is 2.19. The molecular weight excluding hydrogens is 232 g/mol. The molecule has 0 bridgehead atoms. The van der Waals surface area contributed by atoms with Gasteiger partial charge in [-0.2, -0.15) is 0 Å². The first-order valence-corrected chi connectivity index (χ1v) is 5.88. The number of imidazole rings is 1. The minimum atomic E-state index is 0.566. The maximum atomic E-state index is 6.11. The van der Waals surface area contributed by atoms with E-state index in [1.165, 1.54) is 5.56 Å². The monoisotopic (exact) mass is 242 g/mol. The summed E-state index contributed by atoms with van der Waals surface area (Å²) < 4.78 is 2.04. The van der Waals surface area contributed by atoms with E-state index in [9.17, 15) is 0 Å². The lowest BCUT2D eigenvalue weighted by Crippen LogP contribution is -1.95. The molecule has 0 N–H and O–H groups in total. The van der Waals surface area contributed by atoms with Gasteiger partial charge in [0.25, 0.3) is 0 Å². The van der Waals surface area contributed by atoms with Crippen LogP contribution in [0.25, 0.3) is 5.52 Å². The number of fused-ring (bicyclic) bond motifs is 1. The second-order valence-electron chi connectivity index (χ2n) is 3.94. The summed E-state index contributed by atoms with van der Waals surface area (Å²) in [5, 5.41) is 0.566. The van der Waals surface area contributed by atoms with Gasteiger partial charge in [0.05, 0.1) is 5.52 Å². The van der Waals surface area contributed by atoms with Gasteiger partial charge in [0.15, 0.2) is 5.15 Å². The number of nitrogens with zero attached hydrogens (tertiary/aromatic N) is 2. The van der Waals surface area contributed by atoms with Crippen LogP contribution in [0.5, 0.6) is 0 Å². The van der Waals surface area contributed by atoms with Crippen LogP contribution in [0.4, 0.5) is 0 Å². The summed E-state index contributed by atoms with van der Waals surface area (Å²) in [6, 6.07) is 16.2. The Balaban J connectivity index is 2.07. The van der Waals surface area contributed by atoms with E-state index in [0.29, 0.717) is 5.15 Å². The maximum Gasteiger partial charge on any atom is 0.155 e. The van der Waals surface area contributed by atoms with Crippen LogP contribution in [-0.4, -0.2) is 9.38 Å². The fourth-order valence-electron chi connectivity index (χ4n) is 1.96. The van der Waals surface area contributed by atoms with E-state index in [1.54, 1.807) is 0 Å². The zero-order chi connectivity index (χ0) is 11.7. The van der Waals surface area contributed by atoms with E-state index < -0.39 is 0 Å². The second kappa shape index (κ2) is 4.22. The summed E-state index contributed by atoms with van der Waals surface area (Å²) in [6.45, 7) is 0. The van der Waals surface area contributed by atoms with Gasteiger partial charge in [0.1, 0.15) is 5.82 Å². The Bertz CT molecular complexity index is 644. The van der Waals surface area contributed by atoms with Crippen molar-refractivity contribution in [3.63, 3.8) is 0 Å². The van der Waals surface area contributed by atoms with Crippen LogP contribution in [-0.2, 0) is 6.42 Å². The molecule has 0 aliphatic heterocycles. The lowest BCUT2D eigenvalue weighted by atomic mass is 10.1. The van der Waals surface area contributed by atoms with Gasteiger partial charge in [-0.3, -0.25) is 0 Å². The fraction of sp³-hybridized carbons (Fsp3) is 0.0714. The van der Waals surface area contributed by atoms with Crippen molar-refractivity contribution >= 4 is 17.1 Å². The van der Waals surface area contributed by atoms with Crippen LogP contribution in [0, 0.1) is 0 Å². The minimum Gasteiger partial charge on any atom is -0.302 e. The Morgan fingerprint density at radius 3 is 2.59 bits per heavy atom. The summed E-state index contributed by atoms with van der Waals surface area (Å²) in [5.41, 5.74) is 2.19. The van der Waals surface area contributed by atoms with Gasteiger partial charge in [-0.25, -0.2) is 4.98 Å². The van der Waals surface area contributed by atoms with Gasteiger partial charge < -0.3 is 4.40 Å². The Kier molecular flexibility index (Phi) is 2.57. The predicted molar refractivity (Wildman–Crippen MR) is 69.5 cm³/mol. The highest BCUT2D eigenvalue weighted by Gasteiger charge is 2.08. The molecule has 0 aliphatic carbocycles. The quantitative estimate of drug-likeness (QED) is 0.672. The number of halogens is 1. The summed E-state index contributed by atoms with van der Waals surface area (Å²) in [5.74, 6) is 0.969. The normalized spacial score (nSPS) is 10.9. The van der Waals surface area contributed by atoms with Gasteiger partial charge >= 0.3 is 0 Å². The third kappa shape index (κ3) is 1.92. The number of benzene rings is 1. The molecular formula is C14H11ClN2. The molecule has 0 atom stereocenters. The van der Waals surface area contributed by atoms with E-state index in [2.05, 4.69) is 17.1 Å². The number of hydrogen-bond donors (Lipinski definition) is 0. The molecule has 2 aromatic heterocycles. The lowest BCUT2D eigenvalue weighted by Gasteiger charge is -2.00. The molecule has 2 heterocycles. The van der Waals surface area contributed by atoms with E-state index in [-0.39, 0.29) is 0 Å². The van der Waals surface area contributed by atoms with Crippen molar-refractivity contribution < 1.29 is 0 Å². The molecule has 17 heavy (non-hydrogen) atoms. The molecule has 1 aromatic carbocycles. The van der Waals surface area contributed by atoms with Gasteiger partial charge in [0, 0.05) is 12.6 Å². The smallest absolute Gasteiger partial charge is 0.155 e. The molecule has 3 aromatic rings. The van der Waals surface area contributed by atoms with Crippen molar-refractivity contribution in [2.45, 2.75) is 6.42 Å². The predicted octanol–water partition coefficient (Wildman–Crippen LogP) is 3.58. The molecule has 84 valence electrons. The molecule has 3 rings (SSSR count). The fourth-order valence-corrected chi connectivity index (χ4v) is 2.22. The van der Waals surface area contributed by atoms with Gasteiger partial charge in [-0.1, -0.05) is 48.0 Å². The molecule has 0 aliphatic rings. The van der Waals surface area contributed by atoms with Crippen molar-refractivity contribution in [2.75, 3.05) is 0 Å². The van der Waals surface area contributed by atoms with Crippen LogP contribution in [0.15, 0.2) is 54.7 Å². The molecule has 0 spiro atoms. The lowest BCUT2D eigenvalue weighted by molar-refractivity contribution is 0.962. The topological polar surface area (TPSA) is 17.3 Å². The third-order valence-electron chi connectivity index (χ3n) is 2.78. The number of hydrogen-bond acceptors (Lipinski definition) is 1. The second-order valence-corrected chi connectivity index (χ2v) is 4.30. The van der Waals surface area contributed by atoms with E-state index in [4.69, 9.17) is 11.6 Å². The zero-order valence-corrected chi connectivity index (χ0v) is 9.93. The first-order valence-electron chi connectivity index (χ1n) is 5.50. The average Bonchev–Trinajstić information content (AvgIpc) is 2.69. The average molecular weight is 243 g/mol. The Morgan fingerprint density at radius 2 is 1.76 bits per heavy atom. The largest absolute Gasteiger partial charge is 0.302 e. The highest BCUT2D eigenvalue weighted by molar-refractivity contribution is 6.32. The standard InChI is InChI=1S/C14H11ClN2/c15-14-12-8-4-5-9-17(12)13(16-14)10-11-6-2-1-3-7-11/h1-9H,10H2. The Hall–Kier alpha value is -1.80. The summed E-state index contributed by atoms with van der Waals surface area (Å²) in [4.78, 5) is 4.41. The number of pyridine rings is 1. The SMILES string of the molecule is Clc1nc(Cc2ccccc2)n2ccccc12. The summed E-state index contributed by atoms with van der Waals surface area (Å²) in [7, 11) is 0. The zero-order valence-electron chi connectivity index (χ0n) is 9.18. The number of aromatic nitrogens is 2. The molecule has 0 radical (unpaired) electrons. The molecule has 0 saturated carbocycles. The van der Waals surface area contributed by atoms with Crippen molar-refractivity contribution in [1.82, 2.24) is 9.38 Å². The van der Waals surface area contributed by atoms with Crippen molar-refractivity contribution in [1.29, 1.82) is 0 Å². The molecule has 3 heteroatoms. The van der Waals surface area contributed by atoms with Crippen molar-refractivity contribution in [3.05, 3.63) is 71.3 Å². The van der Waals surface area contributed by atoms with Crippen molar-refractivity contribution in [2.24, 2.45) is 0 Å². The van der Waals surface area contributed by atoms with Gasteiger partial charge in [0.2, 0.25) is 0 Å². The van der Waals surface area contributed by atoms with Gasteiger partial charge in [-0.15, -0.1) is 0 Å². The van der Waals surface area contributed by atoms with Gasteiger partial charge in [-0.05, 0) is 17.7 Å². The van der Waals surface area contributed by atoms with E-state index >= 15 is 0 Å². The van der Waals surface area contributed by atoms with Crippen LogP contribution in [0.1, 0.15) is 11.4 Å². The summed E-state index contributed by atoms with van der Waals surface area (Å²) in [6.07, 6.45) is 2.78. The minimum absolute atomic E-state index is 0.566. The van der Waals surface area contributed by atoms with Crippen LogP contribution >= 0.6 is 11.6 Å². The maximum absolute atomic E-state index is 6.11. The van der Waals surface area contributed by atoms with Crippen LogP contribution in [0.2, 0.25) is 5.15 Å². The van der Waals surface area contributed by atoms with E-state index in [1.807, 2.05) is 47.0 Å². The van der Waals surface area contributed by atoms with Crippen LogP contribution in [0.3, 0.4) is 0 Å². The first-order chi connectivity index (χ1) is 8.34. The first kappa shape index (κ1) is 10.4. The van der Waals surface area contributed by atoms with Crippen LogP contribution < -0.4 is 0 Å². The molecule has 0 unspecified atom stereocenters.